The van der Waals surface area contributed by atoms with Gasteiger partial charge in [-0.15, -0.1) is 0 Å². The minimum Gasteiger partial charge on any atom is -0.456 e. The summed E-state index contributed by atoms with van der Waals surface area (Å²) in [5, 5.41) is 7.74. The van der Waals surface area contributed by atoms with E-state index in [0.29, 0.717) is 5.76 Å². The van der Waals surface area contributed by atoms with Crippen LogP contribution in [0.5, 0.6) is 0 Å². The van der Waals surface area contributed by atoms with Crippen LogP contribution in [0.3, 0.4) is 0 Å². The van der Waals surface area contributed by atoms with Crippen LogP contribution < -0.4 is 10.2 Å². The molecular weight excluding hydrogens is 310 g/mol. The molecule has 9 heteroatoms. The molecule has 2 aromatic rings. The molecule has 0 aliphatic heterocycles. The molecule has 0 fully saturated rings. The summed E-state index contributed by atoms with van der Waals surface area (Å²) in [6, 6.07) is 1.55. The lowest BCUT2D eigenvalue weighted by Gasteiger charge is -2.06. The third-order valence-electron chi connectivity index (χ3n) is 2.78. The molecule has 8 nitrogen and oxygen atoms in total. The first-order valence-corrected chi connectivity index (χ1v) is 7.37. The smallest absolute Gasteiger partial charge is 0.308 e. The Bertz CT molecular complexity index is 730. The lowest BCUT2D eigenvalue weighted by molar-refractivity contribution is -0.147. The fraction of sp³-hybridized carbons (Fsp3) is 0.385. The fourth-order valence-corrected chi connectivity index (χ4v) is 2.46. The van der Waals surface area contributed by atoms with Crippen LogP contribution in [0, 0.1) is 13.8 Å². The van der Waals surface area contributed by atoms with E-state index in [-0.39, 0.29) is 23.7 Å². The normalized spacial score (nSPS) is 10.5. The van der Waals surface area contributed by atoms with Crippen LogP contribution in [0.25, 0.3) is 0 Å². The number of anilines is 1. The summed E-state index contributed by atoms with van der Waals surface area (Å²) in [6.07, 6.45) is 0.0217. The molecule has 1 N–H and O–H groups in total. The van der Waals surface area contributed by atoms with Gasteiger partial charge >= 0.3 is 10.8 Å². The van der Waals surface area contributed by atoms with Crippen molar-refractivity contribution in [2.75, 3.05) is 11.9 Å². The first kappa shape index (κ1) is 16.0. The molecule has 0 saturated carbocycles. The van der Waals surface area contributed by atoms with Crippen LogP contribution in [-0.4, -0.2) is 28.2 Å². The van der Waals surface area contributed by atoms with Gasteiger partial charge in [0.15, 0.2) is 12.4 Å². The predicted molar refractivity (Wildman–Crippen MR) is 78.8 cm³/mol. The SMILES string of the molecule is Cc1cc(NC(=O)COC(=O)CCn2c(C)csc2=O)no1. The van der Waals surface area contributed by atoms with Gasteiger partial charge in [0.2, 0.25) is 0 Å². The Kier molecular flexibility index (Phi) is 5.10. The van der Waals surface area contributed by atoms with Gasteiger partial charge in [-0.2, -0.15) is 0 Å². The Morgan fingerprint density at radius 3 is 2.82 bits per heavy atom. The van der Waals surface area contributed by atoms with Crippen molar-refractivity contribution in [3.63, 3.8) is 0 Å². The van der Waals surface area contributed by atoms with E-state index >= 15 is 0 Å². The average molecular weight is 325 g/mol. The molecule has 0 aliphatic carbocycles. The summed E-state index contributed by atoms with van der Waals surface area (Å²) in [6.45, 7) is 3.30. The lowest BCUT2D eigenvalue weighted by Crippen LogP contribution is -2.22. The number of ether oxygens (including phenoxy) is 1. The van der Waals surface area contributed by atoms with E-state index in [0.717, 1.165) is 17.0 Å². The summed E-state index contributed by atoms with van der Waals surface area (Å²) in [4.78, 5) is 34.5. The second-order valence-corrected chi connectivity index (χ2v) is 5.40. The van der Waals surface area contributed by atoms with Crippen LogP contribution in [0.4, 0.5) is 5.82 Å². The number of esters is 1. The maximum atomic E-state index is 11.6. The van der Waals surface area contributed by atoms with Gasteiger partial charge in [0, 0.05) is 23.7 Å². The summed E-state index contributed by atoms with van der Waals surface area (Å²) in [7, 11) is 0. The quantitative estimate of drug-likeness (QED) is 0.797. The number of nitrogens with zero attached hydrogens (tertiary/aromatic N) is 2. The average Bonchev–Trinajstić information content (AvgIpc) is 3.01. The zero-order valence-electron chi connectivity index (χ0n) is 12.1. The number of carbonyl (C=O) groups excluding carboxylic acids is 2. The Balaban J connectivity index is 1.73. The van der Waals surface area contributed by atoms with Gasteiger partial charge < -0.3 is 19.1 Å². The molecule has 0 bridgehead atoms. The minimum absolute atomic E-state index is 0.0217. The largest absolute Gasteiger partial charge is 0.456 e. The van der Waals surface area contributed by atoms with Crippen molar-refractivity contribution in [3.8, 4) is 0 Å². The van der Waals surface area contributed by atoms with E-state index in [4.69, 9.17) is 9.26 Å². The predicted octanol–water partition coefficient (Wildman–Crippen LogP) is 1.09. The van der Waals surface area contributed by atoms with E-state index < -0.39 is 18.5 Å². The van der Waals surface area contributed by atoms with Gasteiger partial charge in [-0.3, -0.25) is 14.4 Å². The van der Waals surface area contributed by atoms with Crippen molar-refractivity contribution in [1.29, 1.82) is 0 Å². The number of aromatic nitrogens is 2. The maximum Gasteiger partial charge on any atom is 0.308 e. The van der Waals surface area contributed by atoms with Crippen molar-refractivity contribution in [1.82, 2.24) is 9.72 Å². The summed E-state index contributed by atoms with van der Waals surface area (Å²) < 4.78 is 11.1. The Hall–Kier alpha value is -2.42. The van der Waals surface area contributed by atoms with E-state index in [9.17, 15) is 14.4 Å². The topological polar surface area (TPSA) is 103 Å². The Morgan fingerprint density at radius 1 is 1.45 bits per heavy atom. The van der Waals surface area contributed by atoms with Crippen molar-refractivity contribution in [3.05, 3.63) is 32.6 Å². The van der Waals surface area contributed by atoms with Gasteiger partial charge in [-0.05, 0) is 13.8 Å². The molecule has 22 heavy (non-hydrogen) atoms. The fourth-order valence-electron chi connectivity index (χ4n) is 1.70. The van der Waals surface area contributed by atoms with Crippen LogP contribution >= 0.6 is 11.3 Å². The van der Waals surface area contributed by atoms with Gasteiger partial charge in [0.1, 0.15) is 5.76 Å². The lowest BCUT2D eigenvalue weighted by atomic mass is 10.4. The van der Waals surface area contributed by atoms with Crippen molar-refractivity contribution >= 4 is 29.0 Å². The number of aryl methyl sites for hydroxylation is 2. The first-order valence-electron chi connectivity index (χ1n) is 6.49. The van der Waals surface area contributed by atoms with Crippen LogP contribution in [0.1, 0.15) is 17.9 Å². The van der Waals surface area contributed by atoms with Gasteiger partial charge in [-0.1, -0.05) is 16.5 Å². The highest BCUT2D eigenvalue weighted by Crippen LogP contribution is 2.06. The van der Waals surface area contributed by atoms with Gasteiger partial charge in [0.25, 0.3) is 5.91 Å². The second kappa shape index (κ2) is 7.03. The molecule has 0 spiro atoms. The molecule has 0 radical (unpaired) electrons. The highest BCUT2D eigenvalue weighted by atomic mass is 32.1. The number of nitrogens with one attached hydrogen (secondary N) is 1. The second-order valence-electron chi connectivity index (χ2n) is 4.58. The van der Waals surface area contributed by atoms with Crippen LogP contribution in [-0.2, 0) is 20.9 Å². The zero-order chi connectivity index (χ0) is 16.1. The maximum absolute atomic E-state index is 11.6. The van der Waals surface area contributed by atoms with E-state index in [2.05, 4.69) is 10.5 Å². The van der Waals surface area contributed by atoms with Crippen LogP contribution in [0.2, 0.25) is 0 Å². The summed E-state index contributed by atoms with van der Waals surface area (Å²) >= 11 is 1.08. The molecule has 0 atom stereocenters. The number of hydrogen-bond donors (Lipinski definition) is 1. The first-order chi connectivity index (χ1) is 10.5. The standard InChI is InChI=1S/C13H15N3O5S/c1-8-7-22-13(19)16(8)4-3-12(18)20-6-11(17)14-10-5-9(2)21-15-10/h5,7H,3-4,6H2,1-2H3,(H,14,15,17). The molecule has 0 aromatic carbocycles. The van der Waals surface area contributed by atoms with Gasteiger partial charge in [-0.25, -0.2) is 0 Å². The highest BCUT2D eigenvalue weighted by Gasteiger charge is 2.11. The van der Waals surface area contributed by atoms with Crippen molar-refractivity contribution in [2.45, 2.75) is 26.8 Å². The third kappa shape index (κ3) is 4.29. The summed E-state index contributed by atoms with van der Waals surface area (Å²) in [5.74, 6) is -0.239. The minimum atomic E-state index is -0.552. The van der Waals surface area contributed by atoms with E-state index in [1.165, 1.54) is 4.57 Å². The number of hydrogen-bond acceptors (Lipinski definition) is 7. The monoisotopic (exact) mass is 325 g/mol. The molecule has 1 amide bonds. The van der Waals surface area contributed by atoms with E-state index in [1.54, 1.807) is 25.3 Å². The number of rotatable bonds is 6. The van der Waals surface area contributed by atoms with E-state index in [1.807, 2.05) is 0 Å². The summed E-state index contributed by atoms with van der Waals surface area (Å²) in [5.41, 5.74) is 0.793. The van der Waals surface area contributed by atoms with Crippen LogP contribution in [0.15, 0.2) is 20.8 Å². The molecular formula is C13H15N3O5S. The zero-order valence-corrected chi connectivity index (χ0v) is 12.9. The Morgan fingerprint density at radius 2 is 2.23 bits per heavy atom. The number of carbonyl (C=O) groups is 2. The number of thiazole rings is 1. The molecule has 0 aliphatic rings. The highest BCUT2D eigenvalue weighted by molar-refractivity contribution is 7.07. The third-order valence-corrected chi connectivity index (χ3v) is 3.66. The molecule has 0 saturated heterocycles. The number of amides is 1. The van der Waals surface area contributed by atoms with Crippen molar-refractivity contribution < 1.29 is 18.8 Å². The molecule has 2 rings (SSSR count). The molecule has 0 unspecified atom stereocenters. The molecule has 2 heterocycles. The molecule has 2 aromatic heterocycles. The van der Waals surface area contributed by atoms with Gasteiger partial charge in [0.05, 0.1) is 6.42 Å². The molecule has 118 valence electrons. The van der Waals surface area contributed by atoms with Crippen molar-refractivity contribution in [2.24, 2.45) is 0 Å². The Labute approximate surface area is 129 Å².